The van der Waals surface area contributed by atoms with Crippen LogP contribution in [0.4, 0.5) is 0 Å². The van der Waals surface area contributed by atoms with Gasteiger partial charge in [-0.3, -0.25) is 14.8 Å². The number of hydrogen-bond acceptors (Lipinski definition) is 3. The van der Waals surface area contributed by atoms with Crippen molar-refractivity contribution in [1.82, 2.24) is 20.4 Å². The van der Waals surface area contributed by atoms with E-state index in [1.165, 1.54) is 32.7 Å². The molecular weight excluding hydrogens is 238 g/mol. The molecule has 0 aromatic carbocycles. The zero-order chi connectivity index (χ0) is 13.9. The van der Waals surface area contributed by atoms with Gasteiger partial charge in [-0.2, -0.15) is 0 Å². The first kappa shape index (κ1) is 14.6. The first-order chi connectivity index (χ1) is 8.98. The maximum Gasteiger partial charge on any atom is 0.191 e. The predicted molar refractivity (Wildman–Crippen MR) is 80.7 cm³/mol. The lowest BCUT2D eigenvalue weighted by Crippen LogP contribution is -2.62. The zero-order valence-electron chi connectivity index (χ0n) is 12.9. The molecule has 0 amide bonds. The van der Waals surface area contributed by atoms with Gasteiger partial charge in [0.1, 0.15) is 0 Å². The molecule has 2 bridgehead atoms. The first-order valence-electron chi connectivity index (χ1n) is 7.51. The summed E-state index contributed by atoms with van der Waals surface area (Å²) >= 11 is 0. The van der Waals surface area contributed by atoms with Crippen LogP contribution in [-0.4, -0.2) is 73.2 Å². The van der Waals surface area contributed by atoms with Crippen LogP contribution >= 0.6 is 0 Å². The number of piperazine rings is 3. The van der Waals surface area contributed by atoms with Crippen molar-refractivity contribution in [1.29, 1.82) is 0 Å². The average Bonchev–Trinajstić information content (AvgIpc) is 2.36. The van der Waals surface area contributed by atoms with Crippen LogP contribution in [0.1, 0.15) is 27.7 Å². The molecule has 0 spiro atoms. The smallest absolute Gasteiger partial charge is 0.191 e. The summed E-state index contributed by atoms with van der Waals surface area (Å²) in [6, 6.07) is 0.595. The summed E-state index contributed by atoms with van der Waals surface area (Å²) in [7, 11) is 0. The summed E-state index contributed by atoms with van der Waals surface area (Å²) in [5, 5.41) is 6.78. The molecule has 3 aliphatic heterocycles. The van der Waals surface area contributed by atoms with E-state index in [0.29, 0.717) is 6.04 Å². The van der Waals surface area contributed by atoms with Crippen molar-refractivity contribution in [2.45, 2.75) is 39.3 Å². The van der Waals surface area contributed by atoms with Crippen molar-refractivity contribution < 1.29 is 0 Å². The first-order valence-corrected chi connectivity index (χ1v) is 7.51. The number of nitrogens with one attached hydrogen (secondary N) is 2. The molecular formula is C14H29N5. The summed E-state index contributed by atoms with van der Waals surface area (Å²) in [5.74, 6) is 0.938. The van der Waals surface area contributed by atoms with E-state index in [1.54, 1.807) is 0 Å². The fourth-order valence-corrected chi connectivity index (χ4v) is 2.76. The number of hydrogen-bond donors (Lipinski definition) is 2. The van der Waals surface area contributed by atoms with Crippen molar-refractivity contribution in [3.8, 4) is 0 Å². The molecule has 3 aliphatic rings. The van der Waals surface area contributed by atoms with E-state index in [0.717, 1.165) is 19.0 Å². The average molecular weight is 267 g/mol. The Balaban J connectivity index is 1.90. The highest BCUT2D eigenvalue weighted by atomic mass is 15.3. The lowest BCUT2D eigenvalue weighted by Gasteiger charge is -2.47. The normalized spacial score (nSPS) is 31.4. The molecule has 3 saturated heterocycles. The standard InChI is InChI=1S/C14H29N5/c1-5-15-13(17-14(2,3)4)16-10-12-11-18-6-8-19(12)9-7-18/h12H,5-11H2,1-4H3,(H2,15,16,17). The Morgan fingerprint density at radius 3 is 2.37 bits per heavy atom. The van der Waals surface area contributed by atoms with Crippen molar-refractivity contribution >= 4 is 5.96 Å². The lowest BCUT2D eigenvalue weighted by atomic mass is 10.1. The lowest BCUT2D eigenvalue weighted by molar-refractivity contribution is 0.0174. The third kappa shape index (κ3) is 4.35. The van der Waals surface area contributed by atoms with Gasteiger partial charge in [-0.1, -0.05) is 0 Å². The van der Waals surface area contributed by atoms with Gasteiger partial charge in [0, 0.05) is 50.8 Å². The van der Waals surface area contributed by atoms with Gasteiger partial charge in [-0.15, -0.1) is 0 Å². The van der Waals surface area contributed by atoms with Gasteiger partial charge in [-0.25, -0.2) is 0 Å². The highest BCUT2D eigenvalue weighted by Gasteiger charge is 2.31. The molecule has 0 aliphatic carbocycles. The van der Waals surface area contributed by atoms with E-state index in [-0.39, 0.29) is 5.54 Å². The Labute approximate surface area is 117 Å². The van der Waals surface area contributed by atoms with Gasteiger partial charge in [0.25, 0.3) is 0 Å². The van der Waals surface area contributed by atoms with Crippen molar-refractivity contribution in [3.63, 3.8) is 0 Å². The molecule has 1 atom stereocenters. The molecule has 5 heteroatoms. The van der Waals surface area contributed by atoms with E-state index in [1.807, 2.05) is 0 Å². The van der Waals surface area contributed by atoms with E-state index in [4.69, 9.17) is 4.99 Å². The monoisotopic (exact) mass is 267 g/mol. The summed E-state index contributed by atoms with van der Waals surface area (Å²) in [5.41, 5.74) is 0.0519. The summed E-state index contributed by atoms with van der Waals surface area (Å²) in [6.07, 6.45) is 0. The molecule has 2 N–H and O–H groups in total. The molecule has 0 radical (unpaired) electrons. The number of aliphatic imine (C=N–C) groups is 1. The van der Waals surface area contributed by atoms with Crippen molar-refractivity contribution in [2.75, 3.05) is 45.8 Å². The van der Waals surface area contributed by atoms with Crippen LogP contribution in [0.15, 0.2) is 4.99 Å². The van der Waals surface area contributed by atoms with Crippen molar-refractivity contribution in [2.24, 2.45) is 4.99 Å². The van der Waals surface area contributed by atoms with Crippen LogP contribution in [-0.2, 0) is 0 Å². The van der Waals surface area contributed by atoms with Gasteiger partial charge in [0.15, 0.2) is 5.96 Å². The fraction of sp³-hybridized carbons (Fsp3) is 0.929. The van der Waals surface area contributed by atoms with Gasteiger partial charge >= 0.3 is 0 Å². The Hall–Kier alpha value is -0.810. The maximum atomic E-state index is 4.77. The quantitative estimate of drug-likeness (QED) is 0.572. The second-order valence-electron chi connectivity index (χ2n) is 6.59. The van der Waals surface area contributed by atoms with E-state index in [9.17, 15) is 0 Å². The maximum absolute atomic E-state index is 4.77. The number of rotatable bonds is 3. The predicted octanol–water partition coefficient (Wildman–Crippen LogP) is 0.340. The molecule has 19 heavy (non-hydrogen) atoms. The van der Waals surface area contributed by atoms with Gasteiger partial charge in [0.05, 0.1) is 6.54 Å². The van der Waals surface area contributed by atoms with E-state index < -0.39 is 0 Å². The minimum absolute atomic E-state index is 0.0519. The van der Waals surface area contributed by atoms with Gasteiger partial charge in [-0.05, 0) is 27.7 Å². The third-order valence-corrected chi connectivity index (χ3v) is 3.69. The second kappa shape index (κ2) is 6.09. The fourth-order valence-electron chi connectivity index (χ4n) is 2.76. The highest BCUT2D eigenvalue weighted by molar-refractivity contribution is 5.80. The Bertz CT molecular complexity index is 312. The number of nitrogens with zero attached hydrogens (tertiary/aromatic N) is 3. The van der Waals surface area contributed by atoms with E-state index >= 15 is 0 Å². The Morgan fingerprint density at radius 2 is 1.89 bits per heavy atom. The minimum Gasteiger partial charge on any atom is -0.357 e. The third-order valence-electron chi connectivity index (χ3n) is 3.69. The topological polar surface area (TPSA) is 42.9 Å². The molecule has 3 heterocycles. The summed E-state index contributed by atoms with van der Waals surface area (Å²) in [6.45, 7) is 16.5. The molecule has 1 unspecified atom stereocenters. The summed E-state index contributed by atoms with van der Waals surface area (Å²) in [4.78, 5) is 9.91. The molecule has 110 valence electrons. The molecule has 3 fully saturated rings. The molecule has 0 aromatic heterocycles. The van der Waals surface area contributed by atoms with Gasteiger partial charge < -0.3 is 10.6 Å². The molecule has 0 aromatic rings. The SMILES string of the molecule is CCNC(=NCC1CN2CCN1CC2)NC(C)(C)C. The largest absolute Gasteiger partial charge is 0.357 e. The van der Waals surface area contributed by atoms with Crippen LogP contribution in [0.2, 0.25) is 0 Å². The summed E-state index contributed by atoms with van der Waals surface area (Å²) < 4.78 is 0. The van der Waals surface area contributed by atoms with Crippen LogP contribution in [0, 0.1) is 0 Å². The number of fused-ring (bicyclic) bond motifs is 3. The van der Waals surface area contributed by atoms with Gasteiger partial charge in [0.2, 0.25) is 0 Å². The highest BCUT2D eigenvalue weighted by Crippen LogP contribution is 2.15. The Morgan fingerprint density at radius 1 is 1.21 bits per heavy atom. The van der Waals surface area contributed by atoms with Crippen LogP contribution in [0.25, 0.3) is 0 Å². The molecule has 5 nitrogen and oxygen atoms in total. The molecule has 3 rings (SSSR count). The van der Waals surface area contributed by atoms with Crippen molar-refractivity contribution in [3.05, 3.63) is 0 Å². The Kier molecular flexibility index (Phi) is 4.68. The van der Waals surface area contributed by atoms with Crippen LogP contribution in [0.3, 0.4) is 0 Å². The van der Waals surface area contributed by atoms with E-state index in [2.05, 4.69) is 48.1 Å². The molecule has 0 saturated carbocycles. The zero-order valence-corrected chi connectivity index (χ0v) is 12.9. The second-order valence-corrected chi connectivity index (χ2v) is 6.59. The van der Waals surface area contributed by atoms with Crippen LogP contribution < -0.4 is 10.6 Å². The minimum atomic E-state index is 0.0519. The number of guanidine groups is 1. The van der Waals surface area contributed by atoms with Crippen LogP contribution in [0.5, 0.6) is 0 Å².